The van der Waals surface area contributed by atoms with Crippen molar-refractivity contribution in [3.8, 4) is 5.75 Å². The third-order valence-corrected chi connectivity index (χ3v) is 4.53. The second kappa shape index (κ2) is 7.02. The van der Waals surface area contributed by atoms with E-state index in [0.717, 1.165) is 37.7 Å². The molecule has 0 spiro atoms. The summed E-state index contributed by atoms with van der Waals surface area (Å²) in [6.45, 7) is 2.03. The van der Waals surface area contributed by atoms with Crippen LogP contribution in [-0.2, 0) is 9.59 Å². The number of carbonyl (C=O) groups excluding carboxylic acids is 2. The standard InChI is InChI=1S/C18H24N2O3/c1-12(19-18(22)14-3-2-4-14)13-5-9-16(10-6-13)23-11-17(21)20-15-7-8-15/h5-6,9-10,12,14-15H,2-4,7-8,11H2,1H3,(H,19,22)(H,20,21). The first-order valence-electron chi connectivity index (χ1n) is 8.44. The number of hydrogen-bond acceptors (Lipinski definition) is 3. The molecule has 1 aromatic carbocycles. The first-order valence-corrected chi connectivity index (χ1v) is 8.44. The highest BCUT2D eigenvalue weighted by molar-refractivity contribution is 5.79. The quantitative estimate of drug-likeness (QED) is 0.811. The fourth-order valence-electron chi connectivity index (χ4n) is 2.58. The van der Waals surface area contributed by atoms with E-state index >= 15 is 0 Å². The van der Waals surface area contributed by atoms with Gasteiger partial charge in [0, 0.05) is 12.0 Å². The van der Waals surface area contributed by atoms with Crippen LogP contribution in [0.1, 0.15) is 50.6 Å². The Labute approximate surface area is 136 Å². The first kappa shape index (κ1) is 15.8. The molecular weight excluding hydrogens is 292 g/mol. The van der Waals surface area contributed by atoms with Gasteiger partial charge in [-0.2, -0.15) is 0 Å². The smallest absolute Gasteiger partial charge is 0.258 e. The monoisotopic (exact) mass is 316 g/mol. The first-order chi connectivity index (χ1) is 11.1. The van der Waals surface area contributed by atoms with Gasteiger partial charge in [-0.15, -0.1) is 0 Å². The number of benzene rings is 1. The van der Waals surface area contributed by atoms with Crippen molar-refractivity contribution in [2.75, 3.05) is 6.61 Å². The summed E-state index contributed by atoms with van der Waals surface area (Å²) in [5, 5.41) is 5.94. The van der Waals surface area contributed by atoms with Crippen LogP contribution < -0.4 is 15.4 Å². The Balaban J connectivity index is 1.45. The lowest BCUT2D eigenvalue weighted by Gasteiger charge is -2.26. The molecule has 3 rings (SSSR count). The molecule has 2 amide bonds. The molecule has 2 N–H and O–H groups in total. The molecular formula is C18H24N2O3. The van der Waals surface area contributed by atoms with Gasteiger partial charge in [0.25, 0.3) is 5.91 Å². The number of carbonyl (C=O) groups is 2. The zero-order chi connectivity index (χ0) is 16.2. The summed E-state index contributed by atoms with van der Waals surface area (Å²) in [6.07, 6.45) is 5.32. The predicted molar refractivity (Wildman–Crippen MR) is 87.0 cm³/mol. The molecule has 2 saturated carbocycles. The van der Waals surface area contributed by atoms with E-state index in [-0.39, 0.29) is 30.4 Å². The molecule has 0 radical (unpaired) electrons. The Morgan fingerprint density at radius 1 is 1.17 bits per heavy atom. The molecule has 2 aliphatic rings. The Kier molecular flexibility index (Phi) is 4.84. The van der Waals surface area contributed by atoms with Gasteiger partial charge in [0.05, 0.1) is 6.04 Å². The Bertz CT molecular complexity index is 562. The number of amides is 2. The Morgan fingerprint density at radius 3 is 2.43 bits per heavy atom. The fraction of sp³-hybridized carbons (Fsp3) is 0.556. The lowest BCUT2D eigenvalue weighted by Crippen LogP contribution is -2.35. The summed E-state index contributed by atoms with van der Waals surface area (Å²) in [4.78, 5) is 23.5. The van der Waals surface area contributed by atoms with Gasteiger partial charge in [0.2, 0.25) is 5.91 Å². The summed E-state index contributed by atoms with van der Waals surface area (Å²) in [5.41, 5.74) is 1.03. The summed E-state index contributed by atoms with van der Waals surface area (Å²) < 4.78 is 5.48. The van der Waals surface area contributed by atoms with Crippen molar-refractivity contribution in [2.45, 2.75) is 51.1 Å². The molecule has 1 aromatic rings. The minimum atomic E-state index is -0.0716. The maximum absolute atomic E-state index is 12.0. The van der Waals surface area contributed by atoms with E-state index in [4.69, 9.17) is 4.74 Å². The van der Waals surface area contributed by atoms with Crippen molar-refractivity contribution in [1.29, 1.82) is 0 Å². The van der Waals surface area contributed by atoms with Crippen LogP contribution in [-0.4, -0.2) is 24.5 Å². The Hall–Kier alpha value is -2.04. The summed E-state index contributed by atoms with van der Waals surface area (Å²) in [5.74, 6) is 0.945. The Morgan fingerprint density at radius 2 is 1.87 bits per heavy atom. The summed E-state index contributed by atoms with van der Waals surface area (Å²) in [6, 6.07) is 7.88. The normalized spacial score (nSPS) is 18.7. The lowest BCUT2D eigenvalue weighted by atomic mass is 9.84. The number of nitrogens with one attached hydrogen (secondary N) is 2. The highest BCUT2D eigenvalue weighted by atomic mass is 16.5. The SMILES string of the molecule is CC(NC(=O)C1CCC1)c1ccc(OCC(=O)NC2CC2)cc1. The van der Waals surface area contributed by atoms with Crippen molar-refractivity contribution >= 4 is 11.8 Å². The minimum absolute atomic E-state index is 0.0182. The van der Waals surface area contributed by atoms with E-state index in [9.17, 15) is 9.59 Å². The maximum atomic E-state index is 12.0. The zero-order valence-electron chi connectivity index (χ0n) is 13.5. The number of hydrogen-bond donors (Lipinski definition) is 2. The van der Waals surface area contributed by atoms with E-state index in [1.54, 1.807) is 0 Å². The van der Waals surface area contributed by atoms with Crippen molar-refractivity contribution in [3.05, 3.63) is 29.8 Å². The predicted octanol–water partition coefficient (Wildman–Crippen LogP) is 2.32. The van der Waals surface area contributed by atoms with Crippen LogP contribution in [0, 0.1) is 5.92 Å². The molecule has 0 aliphatic heterocycles. The van der Waals surface area contributed by atoms with E-state index < -0.39 is 0 Å². The molecule has 2 aliphatic carbocycles. The van der Waals surface area contributed by atoms with Gasteiger partial charge in [-0.25, -0.2) is 0 Å². The van der Waals surface area contributed by atoms with Crippen LogP contribution in [0.5, 0.6) is 5.75 Å². The average molecular weight is 316 g/mol. The molecule has 23 heavy (non-hydrogen) atoms. The highest BCUT2D eigenvalue weighted by Crippen LogP contribution is 2.27. The average Bonchev–Trinajstić information content (AvgIpc) is 3.27. The molecule has 5 heteroatoms. The number of ether oxygens (including phenoxy) is 1. The highest BCUT2D eigenvalue weighted by Gasteiger charge is 2.26. The van der Waals surface area contributed by atoms with Crippen LogP contribution in [0.3, 0.4) is 0 Å². The summed E-state index contributed by atoms with van der Waals surface area (Å²) >= 11 is 0. The third-order valence-electron chi connectivity index (χ3n) is 4.53. The largest absolute Gasteiger partial charge is 0.484 e. The molecule has 0 saturated heterocycles. The molecule has 0 heterocycles. The molecule has 1 unspecified atom stereocenters. The number of rotatable bonds is 7. The van der Waals surface area contributed by atoms with Crippen molar-refractivity contribution < 1.29 is 14.3 Å². The lowest BCUT2D eigenvalue weighted by molar-refractivity contribution is -0.128. The molecule has 1 atom stereocenters. The van der Waals surface area contributed by atoms with Gasteiger partial charge < -0.3 is 15.4 Å². The second-order valence-electron chi connectivity index (χ2n) is 6.56. The third kappa shape index (κ3) is 4.47. The second-order valence-corrected chi connectivity index (χ2v) is 6.56. The molecule has 0 aromatic heterocycles. The van der Waals surface area contributed by atoms with E-state index in [0.29, 0.717) is 11.8 Å². The van der Waals surface area contributed by atoms with Gasteiger partial charge in [-0.1, -0.05) is 18.6 Å². The van der Waals surface area contributed by atoms with Crippen molar-refractivity contribution in [2.24, 2.45) is 5.92 Å². The molecule has 5 nitrogen and oxygen atoms in total. The summed E-state index contributed by atoms with van der Waals surface area (Å²) in [7, 11) is 0. The van der Waals surface area contributed by atoms with Crippen molar-refractivity contribution in [1.82, 2.24) is 10.6 Å². The molecule has 2 fully saturated rings. The fourth-order valence-corrected chi connectivity index (χ4v) is 2.58. The zero-order valence-corrected chi connectivity index (χ0v) is 13.5. The van der Waals surface area contributed by atoms with Gasteiger partial charge in [0.15, 0.2) is 6.61 Å². The minimum Gasteiger partial charge on any atom is -0.484 e. The van der Waals surface area contributed by atoms with Gasteiger partial charge in [-0.3, -0.25) is 9.59 Å². The van der Waals surface area contributed by atoms with Crippen LogP contribution in [0.4, 0.5) is 0 Å². The van der Waals surface area contributed by atoms with Crippen LogP contribution in [0.2, 0.25) is 0 Å². The maximum Gasteiger partial charge on any atom is 0.258 e. The topological polar surface area (TPSA) is 67.4 Å². The van der Waals surface area contributed by atoms with Crippen LogP contribution in [0.25, 0.3) is 0 Å². The molecule has 0 bridgehead atoms. The van der Waals surface area contributed by atoms with Gasteiger partial charge >= 0.3 is 0 Å². The van der Waals surface area contributed by atoms with Crippen LogP contribution >= 0.6 is 0 Å². The van der Waals surface area contributed by atoms with Gasteiger partial charge in [0.1, 0.15) is 5.75 Å². The van der Waals surface area contributed by atoms with Crippen LogP contribution in [0.15, 0.2) is 24.3 Å². The molecule has 124 valence electrons. The van der Waals surface area contributed by atoms with E-state index in [2.05, 4.69) is 10.6 Å². The van der Waals surface area contributed by atoms with Gasteiger partial charge in [-0.05, 0) is 50.3 Å². The van der Waals surface area contributed by atoms with E-state index in [1.807, 2.05) is 31.2 Å². The van der Waals surface area contributed by atoms with Crippen molar-refractivity contribution in [3.63, 3.8) is 0 Å². The van der Waals surface area contributed by atoms with E-state index in [1.165, 1.54) is 0 Å².